The standard InChI is InChI=1S/C12H12O2/c1-7-5-12(14)8(2)11-6-9(13)3-4-10(7)11/h3-6,13-14H,1-2H3. The summed E-state index contributed by atoms with van der Waals surface area (Å²) >= 11 is 0. The van der Waals surface area contributed by atoms with Gasteiger partial charge in [-0.25, -0.2) is 0 Å². The van der Waals surface area contributed by atoms with Crippen LogP contribution in [0.3, 0.4) is 0 Å². The highest BCUT2D eigenvalue weighted by atomic mass is 16.3. The van der Waals surface area contributed by atoms with Crippen molar-refractivity contribution in [2.75, 3.05) is 0 Å². The zero-order valence-electron chi connectivity index (χ0n) is 8.20. The van der Waals surface area contributed by atoms with Crippen LogP contribution in [0.1, 0.15) is 11.1 Å². The van der Waals surface area contributed by atoms with Gasteiger partial charge in [0.2, 0.25) is 0 Å². The zero-order valence-corrected chi connectivity index (χ0v) is 8.20. The molecule has 0 aromatic heterocycles. The minimum atomic E-state index is 0.227. The Balaban J connectivity index is 2.95. The van der Waals surface area contributed by atoms with Gasteiger partial charge < -0.3 is 10.2 Å². The lowest BCUT2D eigenvalue weighted by Gasteiger charge is -2.08. The monoisotopic (exact) mass is 188 g/mol. The van der Waals surface area contributed by atoms with E-state index in [-0.39, 0.29) is 11.5 Å². The van der Waals surface area contributed by atoms with E-state index in [1.54, 1.807) is 18.2 Å². The van der Waals surface area contributed by atoms with E-state index in [1.807, 2.05) is 19.9 Å². The van der Waals surface area contributed by atoms with Gasteiger partial charge in [-0.2, -0.15) is 0 Å². The van der Waals surface area contributed by atoms with Crippen LogP contribution in [0.4, 0.5) is 0 Å². The van der Waals surface area contributed by atoms with Crippen LogP contribution in [0.25, 0.3) is 10.8 Å². The third-order valence-corrected chi connectivity index (χ3v) is 2.57. The minimum Gasteiger partial charge on any atom is -0.508 e. The Morgan fingerprint density at radius 2 is 1.64 bits per heavy atom. The molecular formula is C12H12O2. The molecule has 0 aliphatic heterocycles. The molecule has 0 spiro atoms. The van der Waals surface area contributed by atoms with E-state index in [9.17, 15) is 10.2 Å². The number of hydrogen-bond donors (Lipinski definition) is 2. The number of rotatable bonds is 0. The van der Waals surface area contributed by atoms with Crippen molar-refractivity contribution in [1.29, 1.82) is 0 Å². The van der Waals surface area contributed by atoms with Gasteiger partial charge in [0.1, 0.15) is 11.5 Å². The second-order valence-electron chi connectivity index (χ2n) is 3.57. The molecule has 2 rings (SSSR count). The predicted molar refractivity (Wildman–Crippen MR) is 56.8 cm³/mol. The van der Waals surface area contributed by atoms with E-state index in [2.05, 4.69) is 0 Å². The topological polar surface area (TPSA) is 40.5 Å². The lowest BCUT2D eigenvalue weighted by molar-refractivity contribution is 0.471. The van der Waals surface area contributed by atoms with Crippen LogP contribution in [-0.4, -0.2) is 10.2 Å². The van der Waals surface area contributed by atoms with Gasteiger partial charge in [0.25, 0.3) is 0 Å². The van der Waals surface area contributed by atoms with Gasteiger partial charge in [-0.3, -0.25) is 0 Å². The van der Waals surface area contributed by atoms with E-state index in [4.69, 9.17) is 0 Å². The summed E-state index contributed by atoms with van der Waals surface area (Å²) in [5, 5.41) is 20.9. The molecule has 2 aromatic carbocycles. The van der Waals surface area contributed by atoms with Crippen molar-refractivity contribution in [1.82, 2.24) is 0 Å². The molecule has 0 fully saturated rings. The second kappa shape index (κ2) is 2.91. The first-order valence-corrected chi connectivity index (χ1v) is 4.51. The van der Waals surface area contributed by atoms with Crippen LogP contribution in [-0.2, 0) is 0 Å². The lowest BCUT2D eigenvalue weighted by atomic mass is 10.00. The molecule has 0 unspecified atom stereocenters. The Labute approximate surface area is 82.4 Å². The molecule has 2 N–H and O–H groups in total. The Morgan fingerprint density at radius 3 is 2.36 bits per heavy atom. The number of fused-ring (bicyclic) bond motifs is 1. The van der Waals surface area contributed by atoms with Gasteiger partial charge in [0.05, 0.1) is 0 Å². The summed E-state index contributed by atoms with van der Waals surface area (Å²) in [6.07, 6.45) is 0. The van der Waals surface area contributed by atoms with E-state index >= 15 is 0 Å². The SMILES string of the molecule is Cc1cc(O)c(C)c2cc(O)ccc12. The molecule has 2 heteroatoms. The van der Waals surface area contributed by atoms with Crippen molar-refractivity contribution in [3.63, 3.8) is 0 Å². The molecule has 0 bridgehead atoms. The maximum Gasteiger partial charge on any atom is 0.119 e. The lowest BCUT2D eigenvalue weighted by Crippen LogP contribution is -1.83. The van der Waals surface area contributed by atoms with Crippen molar-refractivity contribution >= 4 is 10.8 Å². The van der Waals surface area contributed by atoms with Crippen molar-refractivity contribution in [3.8, 4) is 11.5 Å². The van der Waals surface area contributed by atoms with Crippen LogP contribution < -0.4 is 0 Å². The molecule has 0 amide bonds. The smallest absolute Gasteiger partial charge is 0.119 e. The van der Waals surface area contributed by atoms with Crippen LogP contribution in [0.5, 0.6) is 11.5 Å². The first-order chi connectivity index (χ1) is 6.59. The fourth-order valence-electron chi connectivity index (χ4n) is 1.72. The first kappa shape index (κ1) is 8.88. The number of phenols is 2. The Kier molecular flexibility index (Phi) is 1.84. The highest BCUT2D eigenvalue weighted by Crippen LogP contribution is 2.31. The maximum absolute atomic E-state index is 9.61. The summed E-state index contributed by atoms with van der Waals surface area (Å²) in [6.45, 7) is 3.79. The number of phenolic OH excluding ortho intramolecular Hbond substituents is 2. The van der Waals surface area contributed by atoms with Crippen molar-refractivity contribution in [2.24, 2.45) is 0 Å². The molecule has 0 aliphatic rings. The number of hydrogen-bond acceptors (Lipinski definition) is 2. The van der Waals surface area contributed by atoms with E-state index in [1.165, 1.54) is 0 Å². The molecule has 0 aliphatic carbocycles. The summed E-state index contributed by atoms with van der Waals surface area (Å²) in [4.78, 5) is 0. The van der Waals surface area contributed by atoms with Crippen LogP contribution in [0.2, 0.25) is 0 Å². The van der Waals surface area contributed by atoms with Gasteiger partial charge >= 0.3 is 0 Å². The Morgan fingerprint density at radius 1 is 0.929 bits per heavy atom. The van der Waals surface area contributed by atoms with Crippen LogP contribution in [0.15, 0.2) is 24.3 Å². The van der Waals surface area contributed by atoms with Crippen molar-refractivity contribution in [3.05, 3.63) is 35.4 Å². The molecule has 14 heavy (non-hydrogen) atoms. The summed E-state index contributed by atoms with van der Waals surface area (Å²) in [7, 11) is 0. The average Bonchev–Trinajstić information content (AvgIpc) is 2.14. The predicted octanol–water partition coefficient (Wildman–Crippen LogP) is 2.87. The summed E-state index contributed by atoms with van der Waals surface area (Å²) in [6, 6.07) is 6.95. The Hall–Kier alpha value is -1.70. The van der Waals surface area contributed by atoms with Crippen LogP contribution >= 0.6 is 0 Å². The zero-order chi connectivity index (χ0) is 10.3. The summed E-state index contributed by atoms with van der Waals surface area (Å²) in [5.41, 5.74) is 1.82. The molecule has 0 saturated carbocycles. The third-order valence-electron chi connectivity index (χ3n) is 2.57. The van der Waals surface area contributed by atoms with Gasteiger partial charge in [-0.1, -0.05) is 6.07 Å². The average molecular weight is 188 g/mol. The van der Waals surface area contributed by atoms with E-state index in [0.29, 0.717) is 0 Å². The maximum atomic E-state index is 9.61. The molecule has 0 heterocycles. The quantitative estimate of drug-likeness (QED) is 0.667. The highest BCUT2D eigenvalue weighted by molar-refractivity contribution is 5.91. The number of benzene rings is 2. The second-order valence-corrected chi connectivity index (χ2v) is 3.57. The molecule has 0 radical (unpaired) electrons. The van der Waals surface area contributed by atoms with Gasteiger partial charge in [-0.15, -0.1) is 0 Å². The Bertz CT molecular complexity index is 501. The van der Waals surface area contributed by atoms with E-state index < -0.39 is 0 Å². The molecular weight excluding hydrogens is 176 g/mol. The fraction of sp³-hybridized carbons (Fsp3) is 0.167. The van der Waals surface area contributed by atoms with Crippen molar-refractivity contribution < 1.29 is 10.2 Å². The largest absolute Gasteiger partial charge is 0.508 e. The number of aryl methyl sites for hydroxylation is 2. The molecule has 72 valence electrons. The minimum absolute atomic E-state index is 0.227. The van der Waals surface area contributed by atoms with Gasteiger partial charge in [0, 0.05) is 0 Å². The fourth-order valence-corrected chi connectivity index (χ4v) is 1.72. The van der Waals surface area contributed by atoms with Crippen LogP contribution in [0, 0.1) is 13.8 Å². The summed E-state index contributed by atoms with van der Waals surface area (Å²) < 4.78 is 0. The molecule has 0 saturated heterocycles. The number of aromatic hydroxyl groups is 2. The third kappa shape index (κ3) is 1.20. The van der Waals surface area contributed by atoms with E-state index in [0.717, 1.165) is 21.9 Å². The van der Waals surface area contributed by atoms with Gasteiger partial charge in [0.15, 0.2) is 0 Å². The molecule has 0 atom stereocenters. The molecule has 2 aromatic rings. The first-order valence-electron chi connectivity index (χ1n) is 4.51. The summed E-state index contributed by atoms with van der Waals surface area (Å²) in [5.74, 6) is 0.506. The normalized spacial score (nSPS) is 10.7. The molecule has 2 nitrogen and oxygen atoms in total. The van der Waals surface area contributed by atoms with Gasteiger partial charge in [-0.05, 0) is 53.9 Å². The highest BCUT2D eigenvalue weighted by Gasteiger charge is 2.06. The van der Waals surface area contributed by atoms with Crippen molar-refractivity contribution in [2.45, 2.75) is 13.8 Å².